The third kappa shape index (κ3) is 11.2. The zero-order valence-electron chi connectivity index (χ0n) is 35.9. The minimum Gasteiger partial charge on any atom is -0.481 e. The second-order valence-corrected chi connectivity index (χ2v) is 21.6. The number of ether oxygens (including phenoxy) is 1. The third-order valence-corrected chi connectivity index (χ3v) is 16.7. The summed E-state index contributed by atoms with van der Waals surface area (Å²) in [4.78, 5) is 51.5. The fraction of sp³-hybridized carbons (Fsp3) is 0.417. The molecular weight excluding hydrogens is 809 g/mol. The summed E-state index contributed by atoms with van der Waals surface area (Å²) in [5.41, 5.74) is 4.19. The molecule has 14 heteroatoms. The highest BCUT2D eigenvalue weighted by Crippen LogP contribution is 2.44. The van der Waals surface area contributed by atoms with Crippen LogP contribution in [0.15, 0.2) is 109 Å². The maximum Gasteiger partial charge on any atom is 0.407 e. The summed E-state index contributed by atoms with van der Waals surface area (Å²) in [5, 5.41) is 59.9. The smallest absolute Gasteiger partial charge is 0.407 e. The predicted molar refractivity (Wildman–Crippen MR) is 237 cm³/mol. The molecule has 62 heavy (non-hydrogen) atoms. The number of alkyl carbamates (subject to hydrolysis) is 1. The maximum absolute atomic E-state index is 13.4. The highest BCUT2D eigenvalue weighted by molar-refractivity contribution is 6.99. The number of carbonyl (C=O) groups excluding carboxylic acids is 3. The van der Waals surface area contributed by atoms with Gasteiger partial charge in [0.1, 0.15) is 24.9 Å². The molecule has 0 bridgehead atoms. The molecule has 13 nitrogen and oxygen atoms in total. The van der Waals surface area contributed by atoms with Crippen LogP contribution in [0, 0.1) is 11.8 Å². The lowest BCUT2D eigenvalue weighted by atomic mass is 9.90. The van der Waals surface area contributed by atoms with Crippen molar-refractivity contribution in [1.82, 2.24) is 10.6 Å². The summed E-state index contributed by atoms with van der Waals surface area (Å²) in [6, 6.07) is 34.1. The molecule has 2 amide bonds. The van der Waals surface area contributed by atoms with Crippen LogP contribution in [0.4, 0.5) is 4.79 Å². The molecule has 4 aromatic carbocycles. The van der Waals surface area contributed by atoms with Crippen molar-refractivity contribution in [1.29, 1.82) is 0 Å². The van der Waals surface area contributed by atoms with Gasteiger partial charge in [-0.3, -0.25) is 14.4 Å². The Labute approximate surface area is 364 Å². The van der Waals surface area contributed by atoms with E-state index in [1.54, 1.807) is 13.8 Å². The molecule has 7 N–H and O–H groups in total. The molecule has 5 rings (SSSR count). The van der Waals surface area contributed by atoms with Crippen molar-refractivity contribution in [3.63, 3.8) is 0 Å². The Bertz CT molecular complexity index is 2040. The van der Waals surface area contributed by atoms with Gasteiger partial charge in [-0.25, -0.2) is 4.79 Å². The number of aliphatic hydroxyl groups excluding tert-OH is 4. The Balaban J connectivity index is 1.10. The van der Waals surface area contributed by atoms with Crippen molar-refractivity contribution in [2.45, 2.75) is 95.3 Å². The number of carbonyl (C=O) groups is 4. The van der Waals surface area contributed by atoms with E-state index >= 15 is 0 Å². The molecule has 0 fully saturated rings. The van der Waals surface area contributed by atoms with Crippen LogP contribution in [0.1, 0.15) is 70.9 Å². The van der Waals surface area contributed by atoms with Crippen molar-refractivity contribution >= 4 is 42.4 Å². The van der Waals surface area contributed by atoms with E-state index in [1.807, 2.05) is 109 Å². The van der Waals surface area contributed by atoms with Gasteiger partial charge in [-0.1, -0.05) is 144 Å². The highest BCUT2D eigenvalue weighted by Gasteiger charge is 2.51. The van der Waals surface area contributed by atoms with E-state index in [-0.39, 0.29) is 32.0 Å². The van der Waals surface area contributed by atoms with E-state index in [2.05, 4.69) is 31.4 Å². The van der Waals surface area contributed by atoms with Crippen molar-refractivity contribution < 1.29 is 53.9 Å². The monoisotopic (exact) mass is 868 g/mol. The van der Waals surface area contributed by atoms with Crippen LogP contribution >= 0.6 is 0 Å². The van der Waals surface area contributed by atoms with E-state index in [9.17, 15) is 44.7 Å². The first-order chi connectivity index (χ1) is 29.5. The normalized spacial score (nSPS) is 15.6. The van der Waals surface area contributed by atoms with Crippen LogP contribution in [-0.4, -0.2) is 108 Å². The molecule has 0 unspecified atom stereocenters. The average Bonchev–Trinajstić information content (AvgIpc) is 3.58. The fourth-order valence-corrected chi connectivity index (χ4v) is 12.9. The molecule has 0 spiro atoms. The molecule has 4 aromatic rings. The van der Waals surface area contributed by atoms with Gasteiger partial charge in [0, 0.05) is 25.3 Å². The summed E-state index contributed by atoms with van der Waals surface area (Å²) in [7, 11) is -3.09. The van der Waals surface area contributed by atoms with Gasteiger partial charge in [-0.2, -0.15) is 0 Å². The van der Waals surface area contributed by atoms with Crippen molar-refractivity contribution in [3.05, 3.63) is 120 Å². The minimum absolute atomic E-state index is 0.0361. The Hall–Kier alpha value is -5.22. The minimum atomic E-state index is -3.09. The van der Waals surface area contributed by atoms with Crippen LogP contribution in [-0.2, 0) is 23.5 Å². The lowest BCUT2D eigenvalue weighted by Gasteiger charge is -2.43. The summed E-state index contributed by atoms with van der Waals surface area (Å²) in [6.45, 7) is 8.74. The van der Waals surface area contributed by atoms with E-state index in [4.69, 9.17) is 9.16 Å². The molecule has 0 saturated carbocycles. The number of rotatable bonds is 21. The molecule has 0 aromatic heterocycles. The van der Waals surface area contributed by atoms with E-state index < -0.39 is 92.4 Å². The number of nitrogens with one attached hydrogen (secondary N) is 2. The zero-order chi connectivity index (χ0) is 45.2. The van der Waals surface area contributed by atoms with Gasteiger partial charge in [0.05, 0.1) is 24.7 Å². The summed E-state index contributed by atoms with van der Waals surface area (Å²) in [6.07, 6.45) is -8.89. The van der Waals surface area contributed by atoms with Crippen molar-refractivity contribution in [2.75, 3.05) is 19.8 Å². The second kappa shape index (κ2) is 21.2. The highest BCUT2D eigenvalue weighted by atomic mass is 28.4. The third-order valence-electron chi connectivity index (χ3n) is 11.7. The van der Waals surface area contributed by atoms with Gasteiger partial charge in [0.25, 0.3) is 8.32 Å². The largest absolute Gasteiger partial charge is 0.481 e. The number of ketones is 1. The number of amides is 2. The summed E-state index contributed by atoms with van der Waals surface area (Å²) in [5.74, 6) is -4.36. The quantitative estimate of drug-likeness (QED) is 0.0592. The number of Topliss-reactive ketones (excluding diaryl/α,β-unsaturated/α-hetero) is 1. The standard InChI is InChI=1S/C48H60N2O11Si/c1-30(2)43(50-47(59)60-28-38-36-22-14-12-20-34(36)35-21-13-15-23-37(35)38)39(51)26-31(46(57)58)24-25-42(54)49-27-40(52)44(55)45(56)41(53)29-61-62(48(3,4)5,32-16-8-6-9-17-32)33-18-10-7-11-19-33/h6-23,30-31,38,40-41,43-45,52-53,55-56H,24-29H2,1-5H3,(H,49,54)(H,50,59)(H,57,58)/t31-,40+,41-,43+,44-,45-/m1/s1. The number of hydrogen-bond donors (Lipinski definition) is 7. The first kappa shape index (κ1) is 47.8. The Morgan fingerprint density at radius 3 is 1.73 bits per heavy atom. The van der Waals surface area contributed by atoms with Gasteiger partial charge >= 0.3 is 12.1 Å². The van der Waals surface area contributed by atoms with E-state index in [0.29, 0.717) is 0 Å². The molecule has 0 saturated heterocycles. The molecular formula is C48H60N2O11Si. The Morgan fingerprint density at radius 2 is 1.23 bits per heavy atom. The molecule has 1 aliphatic carbocycles. The van der Waals surface area contributed by atoms with Crippen LogP contribution in [0.25, 0.3) is 11.1 Å². The Kier molecular flexibility index (Phi) is 16.4. The molecule has 6 atom stereocenters. The number of aliphatic hydroxyl groups is 4. The molecule has 0 heterocycles. The number of carboxylic acid groups (broad SMARTS) is 1. The number of benzene rings is 4. The summed E-state index contributed by atoms with van der Waals surface area (Å²) >= 11 is 0. The maximum atomic E-state index is 13.4. The van der Waals surface area contributed by atoms with E-state index in [1.165, 1.54) is 0 Å². The number of fused-ring (bicyclic) bond motifs is 3. The average molecular weight is 869 g/mol. The van der Waals surface area contributed by atoms with Crippen LogP contribution in [0.3, 0.4) is 0 Å². The topological polar surface area (TPSA) is 212 Å². The van der Waals surface area contributed by atoms with Crippen LogP contribution < -0.4 is 21.0 Å². The summed E-state index contributed by atoms with van der Waals surface area (Å²) < 4.78 is 12.3. The Morgan fingerprint density at radius 1 is 0.726 bits per heavy atom. The van der Waals surface area contributed by atoms with Gasteiger partial charge in [0.2, 0.25) is 5.91 Å². The lowest BCUT2D eigenvalue weighted by Crippen LogP contribution is -2.67. The first-order valence-electron chi connectivity index (χ1n) is 21.1. The first-order valence-corrected chi connectivity index (χ1v) is 23.0. The molecule has 0 radical (unpaired) electrons. The second-order valence-electron chi connectivity index (χ2n) is 17.3. The predicted octanol–water partition coefficient (Wildman–Crippen LogP) is 4.13. The van der Waals surface area contributed by atoms with Gasteiger partial charge in [0.15, 0.2) is 5.78 Å². The van der Waals surface area contributed by atoms with Crippen molar-refractivity contribution in [3.8, 4) is 11.1 Å². The molecule has 1 aliphatic rings. The zero-order valence-corrected chi connectivity index (χ0v) is 36.9. The van der Waals surface area contributed by atoms with E-state index in [0.717, 1.165) is 32.6 Å². The van der Waals surface area contributed by atoms with Crippen LogP contribution in [0.2, 0.25) is 5.04 Å². The fourth-order valence-electron chi connectivity index (χ4n) is 8.33. The SMILES string of the molecule is CC(C)[C@H](NC(=O)OCC1c2ccccc2-c2ccccc21)C(=O)C[C@@H](CCC(=O)NC[C@H](O)[C@@H](O)[C@H](O)[C@H](O)CO[Si](c1ccccc1)(c1ccccc1)C(C)(C)C)C(=O)O. The number of hydrogen-bond acceptors (Lipinski definition) is 10. The lowest BCUT2D eigenvalue weighted by molar-refractivity contribution is -0.144. The van der Waals surface area contributed by atoms with Crippen LogP contribution in [0.5, 0.6) is 0 Å². The van der Waals surface area contributed by atoms with Gasteiger partial charge in [-0.05, 0) is 50.0 Å². The molecule has 0 aliphatic heterocycles. The molecule has 332 valence electrons. The van der Waals surface area contributed by atoms with Gasteiger partial charge < -0.3 is 45.3 Å². The van der Waals surface area contributed by atoms with Crippen molar-refractivity contribution in [2.24, 2.45) is 11.8 Å². The number of carboxylic acids is 1. The number of aliphatic carboxylic acids is 1. The van der Waals surface area contributed by atoms with Gasteiger partial charge in [-0.15, -0.1) is 0 Å².